The fourth-order valence-corrected chi connectivity index (χ4v) is 1.63. The quantitative estimate of drug-likeness (QED) is 0.731. The summed E-state index contributed by atoms with van der Waals surface area (Å²) in [7, 11) is 0. The van der Waals surface area contributed by atoms with Crippen LogP contribution in [0.4, 0.5) is 0 Å². The highest BCUT2D eigenvalue weighted by Crippen LogP contribution is 2.19. The standard InChI is InChI=1S/C15H23NO2/c1-4-12-5-7-13(8-6-12)11-16-10-9-15(2,3)14(17)18/h5-8,16H,4,9-11H2,1-3H3,(H,17,18). The predicted molar refractivity (Wildman–Crippen MR) is 73.6 cm³/mol. The van der Waals surface area contributed by atoms with Gasteiger partial charge in [0.1, 0.15) is 0 Å². The SMILES string of the molecule is CCc1ccc(CNCCC(C)(C)C(=O)O)cc1. The van der Waals surface area contributed by atoms with Gasteiger partial charge < -0.3 is 10.4 Å². The Morgan fingerprint density at radius 3 is 2.28 bits per heavy atom. The molecule has 0 aliphatic rings. The van der Waals surface area contributed by atoms with E-state index in [0.717, 1.165) is 19.5 Å². The molecular formula is C15H23NO2. The van der Waals surface area contributed by atoms with Crippen molar-refractivity contribution in [1.82, 2.24) is 5.32 Å². The summed E-state index contributed by atoms with van der Waals surface area (Å²) < 4.78 is 0. The third-order valence-electron chi connectivity index (χ3n) is 3.27. The van der Waals surface area contributed by atoms with Crippen molar-refractivity contribution >= 4 is 5.97 Å². The molecular weight excluding hydrogens is 226 g/mol. The molecule has 100 valence electrons. The topological polar surface area (TPSA) is 49.3 Å². The van der Waals surface area contributed by atoms with Gasteiger partial charge in [-0.2, -0.15) is 0 Å². The Balaban J connectivity index is 2.31. The van der Waals surface area contributed by atoms with Gasteiger partial charge in [0.25, 0.3) is 0 Å². The zero-order chi connectivity index (χ0) is 13.6. The zero-order valence-electron chi connectivity index (χ0n) is 11.5. The Labute approximate surface area is 109 Å². The molecule has 0 fully saturated rings. The van der Waals surface area contributed by atoms with Crippen LogP contribution in [-0.2, 0) is 17.8 Å². The lowest BCUT2D eigenvalue weighted by molar-refractivity contribution is -0.147. The molecule has 0 saturated carbocycles. The number of carbonyl (C=O) groups is 1. The normalized spacial score (nSPS) is 11.5. The molecule has 0 saturated heterocycles. The molecule has 0 aromatic heterocycles. The number of aliphatic carboxylic acids is 1. The Morgan fingerprint density at radius 1 is 1.22 bits per heavy atom. The number of carboxylic acid groups (broad SMARTS) is 1. The van der Waals surface area contributed by atoms with Crippen molar-refractivity contribution in [2.75, 3.05) is 6.54 Å². The molecule has 0 heterocycles. The molecule has 18 heavy (non-hydrogen) atoms. The van der Waals surface area contributed by atoms with Gasteiger partial charge in [-0.3, -0.25) is 4.79 Å². The maximum Gasteiger partial charge on any atom is 0.309 e. The molecule has 2 N–H and O–H groups in total. The molecule has 1 rings (SSSR count). The highest BCUT2D eigenvalue weighted by Gasteiger charge is 2.25. The van der Waals surface area contributed by atoms with Gasteiger partial charge in [-0.1, -0.05) is 31.2 Å². The lowest BCUT2D eigenvalue weighted by atomic mass is 9.90. The second-order valence-electron chi connectivity index (χ2n) is 5.29. The molecule has 3 heteroatoms. The van der Waals surface area contributed by atoms with E-state index >= 15 is 0 Å². The van der Waals surface area contributed by atoms with Crippen LogP contribution in [0, 0.1) is 5.41 Å². The fraction of sp³-hybridized carbons (Fsp3) is 0.533. The highest BCUT2D eigenvalue weighted by atomic mass is 16.4. The van der Waals surface area contributed by atoms with E-state index < -0.39 is 11.4 Å². The van der Waals surface area contributed by atoms with Gasteiger partial charge in [0.05, 0.1) is 5.41 Å². The molecule has 0 bridgehead atoms. The molecule has 0 radical (unpaired) electrons. The fourth-order valence-electron chi connectivity index (χ4n) is 1.63. The van der Waals surface area contributed by atoms with Crippen LogP contribution in [-0.4, -0.2) is 17.6 Å². The lowest BCUT2D eigenvalue weighted by Gasteiger charge is -2.18. The van der Waals surface area contributed by atoms with E-state index in [1.165, 1.54) is 11.1 Å². The Morgan fingerprint density at radius 2 is 1.78 bits per heavy atom. The van der Waals surface area contributed by atoms with Gasteiger partial charge in [-0.25, -0.2) is 0 Å². The molecule has 0 aliphatic heterocycles. The smallest absolute Gasteiger partial charge is 0.309 e. The number of aryl methyl sites for hydroxylation is 1. The number of rotatable bonds is 7. The number of benzene rings is 1. The second-order valence-corrected chi connectivity index (χ2v) is 5.29. The largest absolute Gasteiger partial charge is 0.481 e. The number of hydrogen-bond donors (Lipinski definition) is 2. The summed E-state index contributed by atoms with van der Waals surface area (Å²) >= 11 is 0. The molecule has 0 spiro atoms. The van der Waals surface area contributed by atoms with Gasteiger partial charge in [-0.15, -0.1) is 0 Å². The summed E-state index contributed by atoms with van der Waals surface area (Å²) in [5.74, 6) is -0.739. The van der Waals surface area contributed by atoms with Crippen LogP contribution in [0.1, 0.15) is 38.3 Å². The van der Waals surface area contributed by atoms with E-state index in [1.807, 2.05) is 0 Å². The van der Waals surface area contributed by atoms with E-state index in [1.54, 1.807) is 13.8 Å². The minimum Gasteiger partial charge on any atom is -0.481 e. The van der Waals surface area contributed by atoms with Crippen molar-refractivity contribution in [2.24, 2.45) is 5.41 Å². The average Bonchev–Trinajstić information content (AvgIpc) is 2.35. The molecule has 3 nitrogen and oxygen atoms in total. The van der Waals surface area contributed by atoms with Crippen LogP contribution in [0.2, 0.25) is 0 Å². The van der Waals surface area contributed by atoms with E-state index in [2.05, 4.69) is 36.5 Å². The summed E-state index contributed by atoms with van der Waals surface area (Å²) in [5.41, 5.74) is 1.92. The van der Waals surface area contributed by atoms with E-state index in [9.17, 15) is 4.79 Å². The van der Waals surface area contributed by atoms with Gasteiger partial charge in [-0.05, 0) is 44.4 Å². The van der Waals surface area contributed by atoms with Gasteiger partial charge in [0.2, 0.25) is 0 Å². The minimum absolute atomic E-state index is 0.634. The Bertz CT molecular complexity index is 382. The summed E-state index contributed by atoms with van der Waals surface area (Å²) in [4.78, 5) is 10.9. The van der Waals surface area contributed by atoms with Gasteiger partial charge in [0.15, 0.2) is 0 Å². The summed E-state index contributed by atoms with van der Waals surface area (Å²) in [6, 6.07) is 8.51. The van der Waals surface area contributed by atoms with Gasteiger partial charge in [0, 0.05) is 6.54 Å². The van der Waals surface area contributed by atoms with Crippen LogP contribution in [0.25, 0.3) is 0 Å². The van der Waals surface area contributed by atoms with Crippen LogP contribution in [0.5, 0.6) is 0 Å². The molecule has 0 amide bonds. The Kier molecular flexibility index (Phi) is 5.35. The maximum absolute atomic E-state index is 10.9. The van der Waals surface area contributed by atoms with Crippen LogP contribution < -0.4 is 5.32 Å². The minimum atomic E-state index is -0.739. The third-order valence-corrected chi connectivity index (χ3v) is 3.27. The Hall–Kier alpha value is -1.35. The second kappa shape index (κ2) is 6.55. The number of carboxylic acids is 1. The first-order valence-corrected chi connectivity index (χ1v) is 6.47. The first kappa shape index (κ1) is 14.7. The van der Waals surface area contributed by atoms with Crippen molar-refractivity contribution in [3.63, 3.8) is 0 Å². The average molecular weight is 249 g/mol. The molecule has 0 unspecified atom stereocenters. The summed E-state index contributed by atoms with van der Waals surface area (Å²) in [6.07, 6.45) is 1.69. The summed E-state index contributed by atoms with van der Waals surface area (Å²) in [5, 5.41) is 12.3. The number of nitrogens with one attached hydrogen (secondary N) is 1. The van der Waals surface area contributed by atoms with Crippen molar-refractivity contribution in [1.29, 1.82) is 0 Å². The predicted octanol–water partition coefficient (Wildman–Crippen LogP) is 2.84. The van der Waals surface area contributed by atoms with E-state index in [4.69, 9.17) is 5.11 Å². The monoisotopic (exact) mass is 249 g/mol. The van der Waals surface area contributed by atoms with E-state index in [0.29, 0.717) is 6.42 Å². The molecule has 1 aromatic carbocycles. The first-order valence-electron chi connectivity index (χ1n) is 6.47. The summed E-state index contributed by atoms with van der Waals surface area (Å²) in [6.45, 7) is 7.16. The molecule has 1 aromatic rings. The van der Waals surface area contributed by atoms with Crippen LogP contribution in [0.3, 0.4) is 0 Å². The number of hydrogen-bond acceptors (Lipinski definition) is 2. The lowest BCUT2D eigenvalue weighted by Crippen LogP contribution is -2.28. The van der Waals surface area contributed by atoms with Crippen molar-refractivity contribution in [3.8, 4) is 0 Å². The van der Waals surface area contributed by atoms with Crippen molar-refractivity contribution < 1.29 is 9.90 Å². The maximum atomic E-state index is 10.9. The molecule has 0 atom stereocenters. The third kappa shape index (κ3) is 4.49. The van der Waals surface area contributed by atoms with Crippen molar-refractivity contribution in [3.05, 3.63) is 35.4 Å². The van der Waals surface area contributed by atoms with E-state index in [-0.39, 0.29) is 0 Å². The van der Waals surface area contributed by atoms with Crippen molar-refractivity contribution in [2.45, 2.75) is 40.2 Å². The molecule has 0 aliphatic carbocycles. The highest BCUT2D eigenvalue weighted by molar-refractivity contribution is 5.73. The van der Waals surface area contributed by atoms with Crippen LogP contribution >= 0.6 is 0 Å². The van der Waals surface area contributed by atoms with Gasteiger partial charge >= 0.3 is 5.97 Å². The zero-order valence-corrected chi connectivity index (χ0v) is 11.5. The van der Waals surface area contributed by atoms with Crippen LogP contribution in [0.15, 0.2) is 24.3 Å². The first-order chi connectivity index (χ1) is 8.45.